The van der Waals surface area contributed by atoms with Crippen molar-refractivity contribution in [1.82, 2.24) is 4.90 Å². The molecular formula is C24H22N2O4. The molecule has 3 heterocycles. The predicted octanol–water partition coefficient (Wildman–Crippen LogP) is 4.46. The molecule has 0 saturated carbocycles. The number of fused-ring (bicyclic) bond motifs is 3. The molecule has 30 heavy (non-hydrogen) atoms. The van der Waals surface area contributed by atoms with E-state index in [4.69, 9.17) is 9.15 Å². The first-order valence-corrected chi connectivity index (χ1v) is 9.95. The van der Waals surface area contributed by atoms with Gasteiger partial charge in [-0.1, -0.05) is 6.07 Å². The van der Waals surface area contributed by atoms with Crippen molar-refractivity contribution in [3.63, 3.8) is 0 Å². The van der Waals surface area contributed by atoms with Crippen LogP contribution in [0.2, 0.25) is 0 Å². The van der Waals surface area contributed by atoms with Crippen LogP contribution in [0.3, 0.4) is 0 Å². The van der Waals surface area contributed by atoms with Crippen LogP contribution in [-0.2, 0) is 19.6 Å². The lowest BCUT2D eigenvalue weighted by molar-refractivity contribution is 0.0697. The Morgan fingerprint density at radius 2 is 2.10 bits per heavy atom. The van der Waals surface area contributed by atoms with Gasteiger partial charge in [0.2, 0.25) is 0 Å². The SMILES string of the molecule is Cc1cc(O)cc(COc2cc3c(cc2C)C(=O)N2Cc4ccoc4CC2C=N3)c1. The van der Waals surface area contributed by atoms with E-state index in [-0.39, 0.29) is 17.7 Å². The first kappa shape index (κ1) is 18.5. The van der Waals surface area contributed by atoms with Crippen LogP contribution < -0.4 is 4.74 Å². The van der Waals surface area contributed by atoms with Crippen molar-refractivity contribution in [3.05, 3.63) is 76.2 Å². The lowest BCUT2D eigenvalue weighted by atomic mass is 10.0. The van der Waals surface area contributed by atoms with Gasteiger partial charge in [0.1, 0.15) is 23.9 Å². The highest BCUT2D eigenvalue weighted by molar-refractivity contribution is 6.03. The molecule has 0 spiro atoms. The second-order valence-electron chi connectivity index (χ2n) is 7.95. The molecule has 0 aliphatic carbocycles. The number of phenolic OH excluding ortho intramolecular Hbond substituents is 1. The van der Waals surface area contributed by atoms with E-state index in [9.17, 15) is 9.90 Å². The summed E-state index contributed by atoms with van der Waals surface area (Å²) in [5.41, 5.74) is 4.96. The third kappa shape index (κ3) is 3.24. The summed E-state index contributed by atoms with van der Waals surface area (Å²) in [6.45, 7) is 4.70. The number of rotatable bonds is 3. The minimum Gasteiger partial charge on any atom is -0.508 e. The van der Waals surface area contributed by atoms with Crippen molar-refractivity contribution in [1.29, 1.82) is 0 Å². The third-order valence-electron chi connectivity index (χ3n) is 5.66. The Labute approximate surface area is 174 Å². The van der Waals surface area contributed by atoms with Crippen LogP contribution in [0, 0.1) is 13.8 Å². The maximum Gasteiger partial charge on any atom is 0.256 e. The van der Waals surface area contributed by atoms with Gasteiger partial charge in [-0.15, -0.1) is 0 Å². The van der Waals surface area contributed by atoms with Crippen molar-refractivity contribution in [2.45, 2.75) is 39.5 Å². The zero-order chi connectivity index (χ0) is 20.8. The van der Waals surface area contributed by atoms with Gasteiger partial charge in [0.15, 0.2) is 0 Å². The second kappa shape index (κ2) is 7.06. The number of phenols is 1. The quantitative estimate of drug-likeness (QED) is 0.702. The summed E-state index contributed by atoms with van der Waals surface area (Å²) in [5.74, 6) is 1.78. The Hall–Kier alpha value is -3.54. The minimum absolute atomic E-state index is 0.0300. The van der Waals surface area contributed by atoms with E-state index in [2.05, 4.69) is 4.99 Å². The van der Waals surface area contributed by atoms with E-state index in [0.29, 0.717) is 36.6 Å². The zero-order valence-electron chi connectivity index (χ0n) is 16.9. The van der Waals surface area contributed by atoms with Gasteiger partial charge >= 0.3 is 0 Å². The number of benzene rings is 2. The first-order valence-electron chi connectivity index (χ1n) is 9.95. The van der Waals surface area contributed by atoms with Crippen molar-refractivity contribution in [2.24, 2.45) is 4.99 Å². The summed E-state index contributed by atoms with van der Waals surface area (Å²) >= 11 is 0. The maximum absolute atomic E-state index is 13.3. The molecule has 152 valence electrons. The number of amides is 1. The molecule has 0 saturated heterocycles. The molecule has 5 rings (SSSR count). The van der Waals surface area contributed by atoms with Crippen molar-refractivity contribution in [3.8, 4) is 11.5 Å². The Balaban J connectivity index is 1.43. The summed E-state index contributed by atoms with van der Waals surface area (Å²) in [6.07, 6.45) is 4.13. The molecule has 6 heteroatoms. The number of aryl methyl sites for hydroxylation is 2. The maximum atomic E-state index is 13.3. The highest BCUT2D eigenvalue weighted by Gasteiger charge is 2.34. The number of aromatic hydroxyl groups is 1. The van der Waals surface area contributed by atoms with Gasteiger partial charge in [0.05, 0.1) is 30.1 Å². The molecule has 2 aromatic carbocycles. The van der Waals surface area contributed by atoms with Gasteiger partial charge in [0, 0.05) is 24.3 Å². The van der Waals surface area contributed by atoms with Gasteiger partial charge < -0.3 is 19.2 Å². The molecule has 3 aromatic rings. The standard InChI is InChI=1S/C24H22N2O4/c1-14-5-16(8-19(27)6-14)13-30-22-10-21-20(7-15(22)2)24(28)26-12-17-3-4-29-23(17)9-18(26)11-25-21/h3-8,10-11,18,27H,9,12-13H2,1-2H3. The van der Waals surface area contributed by atoms with E-state index < -0.39 is 0 Å². The number of furan rings is 1. The molecule has 1 amide bonds. The Bertz CT molecular complexity index is 1160. The van der Waals surface area contributed by atoms with Gasteiger partial charge in [0.25, 0.3) is 5.91 Å². The number of hydrogen-bond acceptors (Lipinski definition) is 5. The number of carbonyl (C=O) groups excluding carboxylic acids is 1. The molecule has 2 aliphatic heterocycles. The lowest BCUT2D eigenvalue weighted by Gasteiger charge is -2.31. The van der Waals surface area contributed by atoms with Crippen LogP contribution in [-0.4, -0.2) is 28.2 Å². The van der Waals surface area contributed by atoms with Crippen LogP contribution >= 0.6 is 0 Å². The summed E-state index contributed by atoms with van der Waals surface area (Å²) < 4.78 is 11.6. The molecule has 6 nitrogen and oxygen atoms in total. The zero-order valence-corrected chi connectivity index (χ0v) is 16.9. The van der Waals surface area contributed by atoms with E-state index in [0.717, 1.165) is 28.0 Å². The summed E-state index contributed by atoms with van der Waals surface area (Å²) in [5, 5.41) is 9.79. The monoisotopic (exact) mass is 402 g/mol. The van der Waals surface area contributed by atoms with Gasteiger partial charge in [-0.05, 0) is 54.8 Å². The molecule has 1 unspecified atom stereocenters. The first-order chi connectivity index (χ1) is 14.5. The number of nitrogens with zero attached hydrogens (tertiary/aromatic N) is 2. The predicted molar refractivity (Wildman–Crippen MR) is 113 cm³/mol. The number of aliphatic imine (C=N–C) groups is 1. The normalized spacial score (nSPS) is 17.2. The lowest BCUT2D eigenvalue weighted by Crippen LogP contribution is -2.44. The van der Waals surface area contributed by atoms with Crippen LogP contribution in [0.15, 0.2) is 52.1 Å². The minimum atomic E-state index is -0.122. The molecule has 1 aromatic heterocycles. The molecule has 0 bridgehead atoms. The highest BCUT2D eigenvalue weighted by Crippen LogP contribution is 2.35. The topological polar surface area (TPSA) is 75.3 Å². The number of ether oxygens (including phenoxy) is 1. The smallest absolute Gasteiger partial charge is 0.256 e. The van der Waals surface area contributed by atoms with Crippen LogP contribution in [0.5, 0.6) is 11.5 Å². The number of hydrogen-bond donors (Lipinski definition) is 1. The van der Waals surface area contributed by atoms with Gasteiger partial charge in [-0.2, -0.15) is 0 Å². The molecule has 2 aliphatic rings. The Morgan fingerprint density at radius 3 is 2.93 bits per heavy atom. The Morgan fingerprint density at radius 1 is 1.23 bits per heavy atom. The van der Waals surface area contributed by atoms with E-state index in [1.165, 1.54) is 0 Å². The van der Waals surface area contributed by atoms with Crippen LogP contribution in [0.4, 0.5) is 5.69 Å². The molecule has 0 fully saturated rings. The second-order valence-corrected chi connectivity index (χ2v) is 7.95. The van der Waals surface area contributed by atoms with Crippen LogP contribution in [0.1, 0.15) is 38.4 Å². The fourth-order valence-corrected chi connectivity index (χ4v) is 4.16. The highest BCUT2D eigenvalue weighted by atomic mass is 16.5. The summed E-state index contributed by atoms with van der Waals surface area (Å²) in [7, 11) is 0. The average molecular weight is 402 g/mol. The molecular weight excluding hydrogens is 380 g/mol. The van der Waals surface area contributed by atoms with Gasteiger partial charge in [-0.25, -0.2) is 0 Å². The number of carbonyl (C=O) groups is 1. The largest absolute Gasteiger partial charge is 0.508 e. The van der Waals surface area contributed by atoms with Crippen molar-refractivity contribution in [2.75, 3.05) is 0 Å². The van der Waals surface area contributed by atoms with Crippen molar-refractivity contribution >= 4 is 17.8 Å². The molecule has 1 atom stereocenters. The van der Waals surface area contributed by atoms with Crippen LogP contribution in [0.25, 0.3) is 0 Å². The van der Waals surface area contributed by atoms with E-state index in [1.54, 1.807) is 18.4 Å². The third-order valence-corrected chi connectivity index (χ3v) is 5.66. The van der Waals surface area contributed by atoms with Gasteiger partial charge in [-0.3, -0.25) is 9.79 Å². The fourth-order valence-electron chi connectivity index (χ4n) is 4.16. The summed E-state index contributed by atoms with van der Waals surface area (Å²) in [6, 6.07) is 10.8. The van der Waals surface area contributed by atoms with E-state index in [1.807, 2.05) is 49.2 Å². The van der Waals surface area contributed by atoms with Crippen molar-refractivity contribution < 1.29 is 19.1 Å². The fraction of sp³-hybridized carbons (Fsp3) is 0.250. The Kier molecular flexibility index (Phi) is 4.35. The average Bonchev–Trinajstić information content (AvgIpc) is 3.12. The molecule has 0 radical (unpaired) electrons. The molecule has 1 N–H and O–H groups in total. The summed E-state index contributed by atoms with van der Waals surface area (Å²) in [4.78, 5) is 19.7. The van der Waals surface area contributed by atoms with E-state index >= 15 is 0 Å².